The fraction of sp³-hybridized carbons (Fsp3) is 0.929. The first-order valence-corrected chi connectivity index (χ1v) is 7.95. The molecule has 4 unspecified atom stereocenters. The van der Waals surface area contributed by atoms with Gasteiger partial charge in [-0.25, -0.2) is 0 Å². The normalized spacial score (nSPS) is 35.6. The summed E-state index contributed by atoms with van der Waals surface area (Å²) in [5.41, 5.74) is 0. The molecule has 0 bridgehead atoms. The second-order valence-electron chi connectivity index (χ2n) is 6.66. The topological polar surface area (TPSA) is 115 Å². The minimum atomic E-state index is -0.997. The van der Waals surface area contributed by atoms with Gasteiger partial charge in [-0.15, -0.1) is 0 Å². The van der Waals surface area contributed by atoms with E-state index in [2.05, 4.69) is 12.2 Å². The van der Waals surface area contributed by atoms with Gasteiger partial charge in [-0.1, -0.05) is 19.8 Å². The van der Waals surface area contributed by atoms with Crippen molar-refractivity contribution in [2.75, 3.05) is 0 Å². The molecule has 124 valence electrons. The third-order valence-electron chi connectivity index (χ3n) is 5.06. The van der Waals surface area contributed by atoms with Crippen molar-refractivity contribution in [3.05, 3.63) is 20.2 Å². The van der Waals surface area contributed by atoms with E-state index in [1.54, 1.807) is 0 Å². The fourth-order valence-electron chi connectivity index (χ4n) is 3.65. The van der Waals surface area contributed by atoms with E-state index >= 15 is 0 Å². The Morgan fingerprint density at radius 2 is 1.55 bits per heavy atom. The number of carbonyl (C=O) groups is 1. The Morgan fingerprint density at radius 3 is 2.05 bits per heavy atom. The molecular formula is C14H23N3O5. The number of nitro groups is 2. The molecule has 2 fully saturated rings. The maximum Gasteiger partial charge on any atom is 0.223 e. The monoisotopic (exact) mass is 313 g/mol. The van der Waals surface area contributed by atoms with Gasteiger partial charge in [0.05, 0.1) is 12.3 Å². The van der Waals surface area contributed by atoms with E-state index < -0.39 is 27.8 Å². The van der Waals surface area contributed by atoms with E-state index in [4.69, 9.17) is 0 Å². The molecule has 0 spiro atoms. The molecule has 0 aromatic rings. The molecule has 0 aromatic carbocycles. The molecule has 0 aliphatic heterocycles. The first-order valence-electron chi connectivity index (χ1n) is 7.95. The lowest BCUT2D eigenvalue weighted by molar-refractivity contribution is -0.569. The zero-order valence-corrected chi connectivity index (χ0v) is 12.8. The number of hydrogen-bond acceptors (Lipinski definition) is 5. The van der Waals surface area contributed by atoms with E-state index in [9.17, 15) is 25.0 Å². The molecule has 1 amide bonds. The highest BCUT2D eigenvalue weighted by atomic mass is 16.6. The molecule has 2 saturated carbocycles. The van der Waals surface area contributed by atoms with Gasteiger partial charge < -0.3 is 5.32 Å². The molecule has 22 heavy (non-hydrogen) atoms. The van der Waals surface area contributed by atoms with E-state index in [0.29, 0.717) is 5.92 Å². The Kier molecular flexibility index (Phi) is 5.31. The minimum absolute atomic E-state index is 0.0798. The van der Waals surface area contributed by atoms with Crippen LogP contribution in [0.3, 0.4) is 0 Å². The second-order valence-corrected chi connectivity index (χ2v) is 6.66. The average Bonchev–Trinajstić information content (AvgIpc) is 2.49. The van der Waals surface area contributed by atoms with Crippen molar-refractivity contribution in [2.24, 2.45) is 11.8 Å². The summed E-state index contributed by atoms with van der Waals surface area (Å²) in [6, 6.07) is -1.90. The maximum absolute atomic E-state index is 12.4. The highest BCUT2D eigenvalue weighted by Crippen LogP contribution is 2.30. The molecule has 8 heteroatoms. The van der Waals surface area contributed by atoms with Crippen LogP contribution in [0.2, 0.25) is 0 Å². The average molecular weight is 313 g/mol. The van der Waals surface area contributed by atoms with Crippen molar-refractivity contribution >= 4 is 5.91 Å². The SMILES string of the molecule is CC1CCCCC1NC(=O)C1CC([N+](=O)[O-])CC([N+](=O)[O-])C1. The Balaban J connectivity index is 2.00. The first kappa shape index (κ1) is 16.6. The van der Waals surface area contributed by atoms with Gasteiger partial charge in [0.25, 0.3) is 0 Å². The molecule has 2 rings (SSSR count). The fourth-order valence-corrected chi connectivity index (χ4v) is 3.65. The lowest BCUT2D eigenvalue weighted by atomic mass is 9.81. The summed E-state index contributed by atoms with van der Waals surface area (Å²) in [7, 11) is 0. The number of nitrogens with zero attached hydrogens (tertiary/aromatic N) is 2. The zero-order chi connectivity index (χ0) is 16.3. The van der Waals surface area contributed by atoms with Crippen LogP contribution in [-0.2, 0) is 4.79 Å². The second kappa shape index (κ2) is 7.02. The third kappa shape index (κ3) is 3.92. The van der Waals surface area contributed by atoms with Crippen LogP contribution >= 0.6 is 0 Å². The Hall–Kier alpha value is -1.73. The van der Waals surface area contributed by atoms with Gasteiger partial charge in [-0.05, 0) is 18.8 Å². The van der Waals surface area contributed by atoms with E-state index in [0.717, 1.165) is 25.7 Å². The molecule has 2 aliphatic rings. The maximum atomic E-state index is 12.4. The quantitative estimate of drug-likeness (QED) is 0.627. The standard InChI is InChI=1S/C14H23N3O5/c1-9-4-2-3-5-13(9)15-14(18)10-6-11(16(19)20)8-12(7-10)17(21)22/h9-13H,2-8H2,1H3,(H,15,18). The van der Waals surface area contributed by atoms with Crippen LogP contribution in [0.15, 0.2) is 0 Å². The Morgan fingerprint density at radius 1 is 1.00 bits per heavy atom. The lowest BCUT2D eigenvalue weighted by Crippen LogP contribution is -2.48. The summed E-state index contributed by atoms with van der Waals surface area (Å²) in [5.74, 6) is -0.496. The van der Waals surface area contributed by atoms with Gasteiger partial charge in [0.1, 0.15) is 0 Å². The highest BCUT2D eigenvalue weighted by molar-refractivity contribution is 5.79. The molecule has 8 nitrogen and oxygen atoms in total. The molecular weight excluding hydrogens is 290 g/mol. The largest absolute Gasteiger partial charge is 0.353 e. The lowest BCUT2D eigenvalue weighted by Gasteiger charge is -2.32. The van der Waals surface area contributed by atoms with Crippen LogP contribution in [0.5, 0.6) is 0 Å². The van der Waals surface area contributed by atoms with Gasteiger partial charge in [0.2, 0.25) is 18.0 Å². The summed E-state index contributed by atoms with van der Waals surface area (Å²) < 4.78 is 0. The summed E-state index contributed by atoms with van der Waals surface area (Å²) >= 11 is 0. The van der Waals surface area contributed by atoms with Crippen LogP contribution in [-0.4, -0.2) is 33.9 Å². The summed E-state index contributed by atoms with van der Waals surface area (Å²) in [6.07, 6.45) is 4.32. The number of nitrogens with one attached hydrogen (secondary N) is 1. The number of carbonyl (C=O) groups excluding carboxylic acids is 1. The van der Waals surface area contributed by atoms with Gasteiger partial charge in [-0.2, -0.15) is 0 Å². The van der Waals surface area contributed by atoms with E-state index in [1.807, 2.05) is 0 Å². The molecule has 1 N–H and O–H groups in total. The van der Waals surface area contributed by atoms with Crippen molar-refractivity contribution in [1.29, 1.82) is 0 Å². The Labute approximate surface area is 128 Å². The van der Waals surface area contributed by atoms with Crippen LogP contribution in [0.25, 0.3) is 0 Å². The predicted octanol–water partition coefficient (Wildman–Crippen LogP) is 1.77. The predicted molar refractivity (Wildman–Crippen MR) is 78.5 cm³/mol. The highest BCUT2D eigenvalue weighted by Gasteiger charge is 2.44. The van der Waals surface area contributed by atoms with Gasteiger partial charge in [0.15, 0.2) is 0 Å². The molecule has 4 atom stereocenters. The van der Waals surface area contributed by atoms with E-state index in [-0.39, 0.29) is 31.2 Å². The first-order chi connectivity index (χ1) is 10.4. The Bertz CT molecular complexity index is 434. The summed E-state index contributed by atoms with van der Waals surface area (Å²) in [4.78, 5) is 33.4. The van der Waals surface area contributed by atoms with Crippen LogP contribution < -0.4 is 5.32 Å². The van der Waals surface area contributed by atoms with Gasteiger partial charge in [0, 0.05) is 28.7 Å². The molecule has 0 heterocycles. The molecule has 0 aromatic heterocycles. The zero-order valence-electron chi connectivity index (χ0n) is 12.8. The third-order valence-corrected chi connectivity index (χ3v) is 5.06. The summed E-state index contributed by atoms with van der Waals surface area (Å²) in [5, 5.41) is 24.9. The summed E-state index contributed by atoms with van der Waals surface area (Å²) in [6.45, 7) is 2.09. The van der Waals surface area contributed by atoms with Crippen molar-refractivity contribution in [3.63, 3.8) is 0 Å². The van der Waals surface area contributed by atoms with E-state index in [1.165, 1.54) is 0 Å². The van der Waals surface area contributed by atoms with Crippen molar-refractivity contribution in [3.8, 4) is 0 Å². The van der Waals surface area contributed by atoms with Gasteiger partial charge in [-0.3, -0.25) is 25.0 Å². The van der Waals surface area contributed by atoms with Crippen molar-refractivity contribution in [1.82, 2.24) is 5.32 Å². The van der Waals surface area contributed by atoms with Crippen LogP contribution in [0, 0.1) is 32.1 Å². The smallest absolute Gasteiger partial charge is 0.223 e. The molecule has 0 saturated heterocycles. The van der Waals surface area contributed by atoms with Gasteiger partial charge >= 0.3 is 0 Å². The van der Waals surface area contributed by atoms with Crippen molar-refractivity contribution < 1.29 is 14.6 Å². The minimum Gasteiger partial charge on any atom is -0.353 e. The number of rotatable bonds is 4. The number of hydrogen-bond donors (Lipinski definition) is 1. The van der Waals surface area contributed by atoms with Crippen LogP contribution in [0.1, 0.15) is 51.9 Å². The van der Waals surface area contributed by atoms with Crippen molar-refractivity contribution in [2.45, 2.75) is 70.0 Å². The number of amides is 1. The molecule has 2 aliphatic carbocycles. The molecule has 0 radical (unpaired) electrons. The van der Waals surface area contributed by atoms with Crippen LogP contribution in [0.4, 0.5) is 0 Å².